The maximum atomic E-state index is 2.47. The zero-order valence-electron chi connectivity index (χ0n) is 8.93. The van der Waals surface area contributed by atoms with Crippen LogP contribution >= 0.6 is 0 Å². The molecular weight excluding hydrogens is 158 g/mol. The fourth-order valence-corrected chi connectivity index (χ4v) is 2.60. The molecule has 0 saturated heterocycles. The molecule has 1 aliphatic heterocycles. The molecule has 1 aliphatic rings. The number of rotatable bonds is 1. The van der Waals surface area contributed by atoms with Gasteiger partial charge in [-0.25, -0.2) is 0 Å². The molecular formula is C12H19N. The molecule has 2 rings (SSSR count). The van der Waals surface area contributed by atoms with Crippen molar-refractivity contribution in [1.29, 1.82) is 0 Å². The van der Waals surface area contributed by atoms with Gasteiger partial charge in [0.05, 0.1) is 0 Å². The zero-order chi connectivity index (χ0) is 9.42. The number of fused-ring (bicyclic) bond motifs is 1. The smallest absolute Gasteiger partial charge is 0.0222 e. The lowest BCUT2D eigenvalue weighted by atomic mass is 9.96. The van der Waals surface area contributed by atoms with Crippen molar-refractivity contribution in [3.05, 3.63) is 23.0 Å². The molecule has 1 aromatic rings. The number of hydrogen-bond acceptors (Lipinski definition) is 0. The summed E-state index contributed by atoms with van der Waals surface area (Å²) in [6, 6.07) is 0. The number of nitrogens with zero attached hydrogens (tertiary/aromatic N) is 1. The summed E-state index contributed by atoms with van der Waals surface area (Å²) in [4.78, 5) is 0. The summed E-state index contributed by atoms with van der Waals surface area (Å²) >= 11 is 0. The van der Waals surface area contributed by atoms with Gasteiger partial charge in [0.2, 0.25) is 0 Å². The van der Waals surface area contributed by atoms with Crippen molar-refractivity contribution in [2.24, 2.45) is 0 Å². The molecule has 1 nitrogen and oxygen atoms in total. The van der Waals surface area contributed by atoms with E-state index in [4.69, 9.17) is 0 Å². The van der Waals surface area contributed by atoms with E-state index in [0.29, 0.717) is 5.92 Å². The highest BCUT2D eigenvalue weighted by molar-refractivity contribution is 5.34. The Morgan fingerprint density at radius 1 is 1.31 bits per heavy atom. The Balaban J connectivity index is 2.48. The molecule has 0 saturated carbocycles. The van der Waals surface area contributed by atoms with E-state index in [1.54, 1.807) is 11.3 Å². The van der Waals surface area contributed by atoms with Gasteiger partial charge >= 0.3 is 0 Å². The van der Waals surface area contributed by atoms with Crippen molar-refractivity contribution in [1.82, 2.24) is 4.57 Å². The lowest BCUT2D eigenvalue weighted by Crippen LogP contribution is -2.10. The summed E-state index contributed by atoms with van der Waals surface area (Å²) in [5.41, 5.74) is 4.71. The van der Waals surface area contributed by atoms with Crippen LogP contribution in [-0.4, -0.2) is 4.57 Å². The van der Waals surface area contributed by atoms with E-state index in [0.717, 1.165) is 0 Å². The first-order valence-electron chi connectivity index (χ1n) is 5.38. The van der Waals surface area contributed by atoms with E-state index in [2.05, 4.69) is 31.5 Å². The summed E-state index contributed by atoms with van der Waals surface area (Å²) in [5, 5.41) is 0. The van der Waals surface area contributed by atoms with Crippen LogP contribution in [0.5, 0.6) is 0 Å². The number of aryl methyl sites for hydroxylation is 2. The first-order chi connectivity index (χ1) is 6.20. The highest BCUT2D eigenvalue weighted by Gasteiger charge is 2.17. The summed E-state index contributed by atoms with van der Waals surface area (Å²) in [7, 11) is 0. The van der Waals surface area contributed by atoms with Crippen molar-refractivity contribution in [2.45, 2.75) is 52.5 Å². The molecule has 0 radical (unpaired) electrons. The highest BCUT2D eigenvalue weighted by Crippen LogP contribution is 2.29. The van der Waals surface area contributed by atoms with Crippen molar-refractivity contribution < 1.29 is 0 Å². The second-order valence-electron chi connectivity index (χ2n) is 4.48. The van der Waals surface area contributed by atoms with E-state index in [-0.39, 0.29) is 0 Å². The Morgan fingerprint density at radius 3 is 2.77 bits per heavy atom. The predicted octanol–water partition coefficient (Wildman–Crippen LogP) is 3.26. The number of aromatic nitrogens is 1. The van der Waals surface area contributed by atoms with Gasteiger partial charge in [-0.05, 0) is 43.2 Å². The minimum Gasteiger partial charge on any atom is -0.351 e. The third kappa shape index (κ3) is 1.41. The van der Waals surface area contributed by atoms with E-state index in [1.165, 1.54) is 31.4 Å². The Hall–Kier alpha value is -0.720. The van der Waals surface area contributed by atoms with Gasteiger partial charge in [-0.3, -0.25) is 0 Å². The number of hydrogen-bond donors (Lipinski definition) is 0. The van der Waals surface area contributed by atoms with Crippen LogP contribution in [0.4, 0.5) is 0 Å². The Kier molecular flexibility index (Phi) is 2.19. The second-order valence-corrected chi connectivity index (χ2v) is 4.48. The first kappa shape index (κ1) is 8.86. The summed E-state index contributed by atoms with van der Waals surface area (Å²) in [6.45, 7) is 8.10. The van der Waals surface area contributed by atoms with E-state index in [9.17, 15) is 0 Å². The average molecular weight is 177 g/mol. The normalized spacial score (nSPS) is 16.3. The van der Waals surface area contributed by atoms with Crippen molar-refractivity contribution >= 4 is 0 Å². The SMILES string of the molecule is Cc1cn2c(c1C(C)C)CCCC2. The van der Waals surface area contributed by atoms with Crippen LogP contribution < -0.4 is 0 Å². The van der Waals surface area contributed by atoms with E-state index in [1.807, 2.05) is 0 Å². The van der Waals surface area contributed by atoms with E-state index < -0.39 is 0 Å². The molecule has 1 aromatic heterocycles. The molecule has 0 amide bonds. The van der Waals surface area contributed by atoms with Gasteiger partial charge in [-0.2, -0.15) is 0 Å². The van der Waals surface area contributed by atoms with Crippen molar-refractivity contribution in [3.63, 3.8) is 0 Å². The van der Waals surface area contributed by atoms with Gasteiger partial charge in [-0.1, -0.05) is 13.8 Å². The first-order valence-corrected chi connectivity index (χ1v) is 5.38. The molecule has 0 aromatic carbocycles. The fraction of sp³-hybridized carbons (Fsp3) is 0.667. The van der Waals surface area contributed by atoms with Gasteiger partial charge in [0.25, 0.3) is 0 Å². The van der Waals surface area contributed by atoms with E-state index >= 15 is 0 Å². The van der Waals surface area contributed by atoms with Crippen LogP contribution in [0, 0.1) is 6.92 Å². The average Bonchev–Trinajstić information content (AvgIpc) is 2.39. The predicted molar refractivity (Wildman–Crippen MR) is 56.2 cm³/mol. The fourth-order valence-electron chi connectivity index (χ4n) is 2.60. The van der Waals surface area contributed by atoms with Crippen molar-refractivity contribution in [3.8, 4) is 0 Å². The van der Waals surface area contributed by atoms with Crippen LogP contribution in [0.3, 0.4) is 0 Å². The largest absolute Gasteiger partial charge is 0.351 e. The van der Waals surface area contributed by atoms with Gasteiger partial charge in [0, 0.05) is 18.4 Å². The summed E-state index contributed by atoms with van der Waals surface area (Å²) in [5.74, 6) is 0.689. The molecule has 0 fully saturated rings. The molecule has 13 heavy (non-hydrogen) atoms. The lowest BCUT2D eigenvalue weighted by molar-refractivity contribution is 0.527. The van der Waals surface area contributed by atoms with Crippen LogP contribution in [-0.2, 0) is 13.0 Å². The van der Waals surface area contributed by atoms with Gasteiger partial charge in [0.1, 0.15) is 0 Å². The van der Waals surface area contributed by atoms with Gasteiger partial charge in [-0.15, -0.1) is 0 Å². The summed E-state index contributed by atoms with van der Waals surface area (Å²) < 4.78 is 2.47. The van der Waals surface area contributed by atoms with Gasteiger partial charge < -0.3 is 4.57 Å². The molecule has 1 heteroatoms. The van der Waals surface area contributed by atoms with Gasteiger partial charge in [0.15, 0.2) is 0 Å². The molecule has 0 bridgehead atoms. The Bertz CT molecular complexity index is 307. The van der Waals surface area contributed by atoms with Crippen LogP contribution in [0.2, 0.25) is 0 Å². The molecule has 2 heterocycles. The third-order valence-electron chi connectivity index (χ3n) is 3.07. The monoisotopic (exact) mass is 177 g/mol. The molecule has 0 spiro atoms. The second kappa shape index (κ2) is 3.21. The topological polar surface area (TPSA) is 4.93 Å². The lowest BCUT2D eigenvalue weighted by Gasteiger charge is -2.17. The minimum atomic E-state index is 0.689. The highest BCUT2D eigenvalue weighted by atomic mass is 15.0. The summed E-state index contributed by atoms with van der Waals surface area (Å²) in [6.07, 6.45) is 6.37. The minimum absolute atomic E-state index is 0.689. The molecule has 72 valence electrons. The quantitative estimate of drug-likeness (QED) is 0.620. The standard InChI is InChI=1S/C12H19N/c1-9(2)12-10(3)8-13-7-5-4-6-11(12)13/h8-9H,4-7H2,1-3H3. The zero-order valence-corrected chi connectivity index (χ0v) is 8.93. The molecule has 0 aliphatic carbocycles. The van der Waals surface area contributed by atoms with Crippen LogP contribution in [0.15, 0.2) is 6.20 Å². The molecule has 0 N–H and O–H groups in total. The van der Waals surface area contributed by atoms with Crippen molar-refractivity contribution in [2.75, 3.05) is 0 Å². The third-order valence-corrected chi connectivity index (χ3v) is 3.07. The molecule has 0 atom stereocenters. The maximum absolute atomic E-state index is 2.47. The molecule has 0 unspecified atom stereocenters. The Morgan fingerprint density at radius 2 is 2.08 bits per heavy atom. The van der Waals surface area contributed by atoms with Crippen LogP contribution in [0.25, 0.3) is 0 Å². The Labute approximate surface area is 80.8 Å². The van der Waals surface area contributed by atoms with Crippen LogP contribution in [0.1, 0.15) is 49.4 Å². The maximum Gasteiger partial charge on any atom is 0.0222 e.